The van der Waals surface area contributed by atoms with Gasteiger partial charge >= 0.3 is 6.09 Å². The Morgan fingerprint density at radius 3 is 2.22 bits per heavy atom. The van der Waals surface area contributed by atoms with E-state index in [2.05, 4.69) is 26.1 Å². The molecule has 1 aliphatic carbocycles. The maximum Gasteiger partial charge on any atom is 0.404 e. The molecule has 2 atom stereocenters. The number of amides is 1. The molecule has 0 aromatic heterocycles. The van der Waals surface area contributed by atoms with Crippen LogP contribution in [0.5, 0.6) is 0 Å². The highest BCUT2D eigenvalue weighted by Gasteiger charge is 2.38. The second kappa shape index (κ2) is 6.41. The van der Waals surface area contributed by atoms with Gasteiger partial charge in [0.2, 0.25) is 0 Å². The summed E-state index contributed by atoms with van der Waals surface area (Å²) in [6.07, 6.45) is 4.99. The van der Waals surface area contributed by atoms with Crippen molar-refractivity contribution in [2.75, 3.05) is 6.61 Å². The summed E-state index contributed by atoms with van der Waals surface area (Å²) in [4.78, 5) is 10.9. The van der Waals surface area contributed by atoms with Gasteiger partial charge in [0.1, 0.15) is 0 Å². The standard InChI is InChI=1S/C14H27NO3/c1-14(2,3)12(10-7-5-4-6-8-10)11(9-16)15-13(17)18/h10-12,15-16H,4-9H2,1-3H3,(H,17,18)/t11-,12?/m0/s1. The van der Waals surface area contributed by atoms with Gasteiger partial charge in [-0.15, -0.1) is 0 Å². The predicted molar refractivity (Wildman–Crippen MR) is 71.6 cm³/mol. The van der Waals surface area contributed by atoms with Gasteiger partial charge in [-0.05, 0) is 17.3 Å². The Labute approximate surface area is 110 Å². The highest BCUT2D eigenvalue weighted by molar-refractivity contribution is 5.64. The lowest BCUT2D eigenvalue weighted by Crippen LogP contribution is -2.50. The maximum atomic E-state index is 10.9. The van der Waals surface area contributed by atoms with Crippen LogP contribution in [0.15, 0.2) is 0 Å². The highest BCUT2D eigenvalue weighted by atomic mass is 16.4. The third kappa shape index (κ3) is 4.16. The molecule has 3 N–H and O–H groups in total. The van der Waals surface area contributed by atoms with Gasteiger partial charge in [-0.1, -0.05) is 52.9 Å². The minimum absolute atomic E-state index is 0.00213. The first-order valence-corrected chi connectivity index (χ1v) is 6.96. The zero-order chi connectivity index (χ0) is 13.8. The first kappa shape index (κ1) is 15.3. The molecule has 0 saturated heterocycles. The Balaban J connectivity index is 2.84. The zero-order valence-corrected chi connectivity index (χ0v) is 11.8. The van der Waals surface area contributed by atoms with Gasteiger partial charge in [0, 0.05) is 0 Å². The van der Waals surface area contributed by atoms with E-state index in [1.165, 1.54) is 19.3 Å². The highest BCUT2D eigenvalue weighted by Crippen LogP contribution is 2.41. The molecule has 1 amide bonds. The molecule has 0 spiro atoms. The van der Waals surface area contributed by atoms with Gasteiger partial charge in [0.05, 0.1) is 12.6 Å². The Bertz CT molecular complexity index is 267. The number of hydrogen-bond donors (Lipinski definition) is 3. The molecule has 106 valence electrons. The van der Waals surface area contributed by atoms with E-state index < -0.39 is 6.09 Å². The molecule has 0 heterocycles. The van der Waals surface area contributed by atoms with E-state index in [0.717, 1.165) is 12.8 Å². The summed E-state index contributed by atoms with van der Waals surface area (Å²) < 4.78 is 0. The summed E-state index contributed by atoms with van der Waals surface area (Å²) in [5, 5.41) is 20.9. The van der Waals surface area contributed by atoms with Crippen LogP contribution in [0, 0.1) is 17.3 Å². The lowest BCUT2D eigenvalue weighted by Gasteiger charge is -2.43. The lowest BCUT2D eigenvalue weighted by atomic mass is 9.65. The van der Waals surface area contributed by atoms with Crippen LogP contribution in [0.3, 0.4) is 0 Å². The largest absolute Gasteiger partial charge is 0.465 e. The van der Waals surface area contributed by atoms with Crippen LogP contribution in [0.1, 0.15) is 52.9 Å². The molecule has 0 radical (unpaired) electrons. The van der Waals surface area contributed by atoms with Crippen molar-refractivity contribution < 1.29 is 15.0 Å². The molecule has 1 aliphatic rings. The van der Waals surface area contributed by atoms with Crippen LogP contribution in [-0.4, -0.2) is 29.0 Å². The molecule has 4 heteroatoms. The summed E-state index contributed by atoms with van der Waals surface area (Å²) in [6, 6.07) is -0.356. The molecule has 1 unspecified atom stereocenters. The van der Waals surface area contributed by atoms with Crippen molar-refractivity contribution in [3.05, 3.63) is 0 Å². The normalized spacial score (nSPS) is 21.3. The van der Waals surface area contributed by atoms with Gasteiger partial charge in [0.25, 0.3) is 0 Å². The first-order chi connectivity index (χ1) is 8.36. The Kier molecular flexibility index (Phi) is 5.45. The number of nitrogens with one attached hydrogen (secondary N) is 1. The quantitative estimate of drug-likeness (QED) is 0.725. The summed E-state index contributed by atoms with van der Waals surface area (Å²) in [5.74, 6) is 0.710. The van der Waals surface area contributed by atoms with Crippen LogP contribution >= 0.6 is 0 Å². The minimum atomic E-state index is -1.04. The van der Waals surface area contributed by atoms with E-state index in [9.17, 15) is 9.90 Å². The second-order valence-electron chi connectivity index (χ2n) is 6.53. The average molecular weight is 257 g/mol. The molecular weight excluding hydrogens is 230 g/mol. The first-order valence-electron chi connectivity index (χ1n) is 6.96. The lowest BCUT2D eigenvalue weighted by molar-refractivity contribution is 0.0557. The summed E-state index contributed by atoms with van der Waals surface area (Å²) in [6.45, 7) is 6.29. The number of hydrogen-bond acceptors (Lipinski definition) is 2. The minimum Gasteiger partial charge on any atom is -0.465 e. The number of aliphatic hydroxyl groups is 1. The van der Waals surface area contributed by atoms with Gasteiger partial charge in [0.15, 0.2) is 0 Å². The predicted octanol–water partition coefficient (Wildman–Crippen LogP) is 2.86. The molecular formula is C14H27NO3. The van der Waals surface area contributed by atoms with Crippen LogP contribution in [0.25, 0.3) is 0 Å². The molecule has 1 fully saturated rings. The fraction of sp³-hybridized carbons (Fsp3) is 0.929. The van der Waals surface area contributed by atoms with E-state index in [1.54, 1.807) is 0 Å². The van der Waals surface area contributed by atoms with Crippen molar-refractivity contribution >= 4 is 6.09 Å². The maximum absolute atomic E-state index is 10.9. The number of rotatable bonds is 4. The van der Waals surface area contributed by atoms with E-state index in [-0.39, 0.29) is 24.0 Å². The van der Waals surface area contributed by atoms with E-state index in [4.69, 9.17) is 5.11 Å². The smallest absolute Gasteiger partial charge is 0.404 e. The monoisotopic (exact) mass is 257 g/mol. The summed E-state index contributed by atoms with van der Waals surface area (Å²) in [5.41, 5.74) is -0.00213. The molecule has 0 aliphatic heterocycles. The van der Waals surface area contributed by atoms with Crippen molar-refractivity contribution in [2.24, 2.45) is 17.3 Å². The van der Waals surface area contributed by atoms with Crippen LogP contribution < -0.4 is 5.32 Å². The van der Waals surface area contributed by atoms with Crippen molar-refractivity contribution in [3.63, 3.8) is 0 Å². The number of carbonyl (C=O) groups is 1. The fourth-order valence-corrected chi connectivity index (χ4v) is 3.54. The van der Waals surface area contributed by atoms with Crippen LogP contribution in [0.2, 0.25) is 0 Å². The Morgan fingerprint density at radius 1 is 1.28 bits per heavy atom. The molecule has 0 aromatic carbocycles. The van der Waals surface area contributed by atoms with Crippen LogP contribution in [-0.2, 0) is 0 Å². The van der Waals surface area contributed by atoms with Crippen molar-refractivity contribution in [1.82, 2.24) is 5.32 Å². The van der Waals surface area contributed by atoms with Crippen molar-refractivity contribution in [1.29, 1.82) is 0 Å². The van der Waals surface area contributed by atoms with Crippen molar-refractivity contribution in [3.8, 4) is 0 Å². The Hall–Kier alpha value is -0.770. The number of aliphatic hydroxyl groups excluding tert-OH is 1. The number of carboxylic acid groups (broad SMARTS) is 1. The second-order valence-corrected chi connectivity index (χ2v) is 6.53. The van der Waals surface area contributed by atoms with Gasteiger partial charge in [-0.3, -0.25) is 0 Å². The Morgan fingerprint density at radius 2 is 1.83 bits per heavy atom. The average Bonchev–Trinajstić information content (AvgIpc) is 2.27. The van der Waals surface area contributed by atoms with Crippen molar-refractivity contribution in [2.45, 2.75) is 58.9 Å². The summed E-state index contributed by atoms with van der Waals surface area (Å²) >= 11 is 0. The van der Waals surface area contributed by atoms with Gasteiger partial charge in [-0.2, -0.15) is 0 Å². The van der Waals surface area contributed by atoms with Crippen LogP contribution in [0.4, 0.5) is 4.79 Å². The molecule has 0 aromatic rings. The molecule has 18 heavy (non-hydrogen) atoms. The summed E-state index contributed by atoms with van der Waals surface area (Å²) in [7, 11) is 0. The molecule has 1 rings (SSSR count). The van der Waals surface area contributed by atoms with E-state index in [1.807, 2.05) is 0 Å². The zero-order valence-electron chi connectivity index (χ0n) is 11.8. The van der Waals surface area contributed by atoms with E-state index in [0.29, 0.717) is 5.92 Å². The van der Waals surface area contributed by atoms with E-state index >= 15 is 0 Å². The van der Waals surface area contributed by atoms with Gasteiger partial charge in [-0.25, -0.2) is 4.79 Å². The molecule has 0 bridgehead atoms. The topological polar surface area (TPSA) is 69.6 Å². The van der Waals surface area contributed by atoms with Gasteiger partial charge < -0.3 is 15.5 Å². The molecule has 4 nitrogen and oxygen atoms in total. The third-order valence-electron chi connectivity index (χ3n) is 4.10. The fourth-order valence-electron chi connectivity index (χ4n) is 3.54. The molecule has 1 saturated carbocycles. The SMILES string of the molecule is CC(C)(C)C(C1CCCCC1)[C@H](CO)NC(=O)O. The third-order valence-corrected chi connectivity index (χ3v) is 4.10.